The van der Waals surface area contributed by atoms with Crippen LogP contribution in [0.4, 0.5) is 0 Å². The lowest BCUT2D eigenvalue weighted by atomic mass is 10.9. The lowest BCUT2D eigenvalue weighted by Crippen LogP contribution is -2.45. The molecule has 0 fully saturated rings. The molecule has 68 valence electrons. The van der Waals surface area contributed by atoms with Crippen molar-refractivity contribution in [2.45, 2.75) is 18.6 Å². The summed E-state index contributed by atoms with van der Waals surface area (Å²) in [6, 6.07) is 3.00. The van der Waals surface area contributed by atoms with Crippen LogP contribution in [-0.4, -0.2) is 56.0 Å². The lowest BCUT2D eigenvalue weighted by molar-refractivity contribution is 0.515. The van der Waals surface area contributed by atoms with E-state index in [1.54, 1.807) is 0 Å². The molecule has 2 nitrogen and oxygen atoms in total. The fourth-order valence-corrected chi connectivity index (χ4v) is 6.42. The second kappa shape index (κ2) is 5.94. The van der Waals surface area contributed by atoms with Gasteiger partial charge in [-0.15, -0.1) is 0 Å². The zero-order chi connectivity index (χ0) is 8.85. The summed E-state index contributed by atoms with van der Waals surface area (Å²) >= 11 is 0. The number of rotatable bonds is 5. The molecule has 0 amide bonds. The highest BCUT2D eigenvalue weighted by Crippen LogP contribution is 2.02. The topological polar surface area (TPSA) is 6.48 Å². The summed E-state index contributed by atoms with van der Waals surface area (Å²) in [5, 5.41) is 0. The van der Waals surface area contributed by atoms with E-state index >= 15 is 0 Å². The monoisotopic (exact) mass is 190 g/mol. The van der Waals surface area contributed by atoms with E-state index in [1.165, 1.54) is 12.1 Å². The van der Waals surface area contributed by atoms with Crippen molar-refractivity contribution in [2.75, 3.05) is 28.2 Å². The van der Waals surface area contributed by atoms with Crippen molar-refractivity contribution in [3.05, 3.63) is 0 Å². The molecule has 0 aromatic heterocycles. The molecular weight excluding hydrogens is 168 g/mol. The van der Waals surface area contributed by atoms with Gasteiger partial charge >= 0.3 is 0 Å². The molecule has 0 spiro atoms. The maximum atomic E-state index is 2.43. The Hall–Kier alpha value is 0.354. The Kier molecular flexibility index (Phi) is 6.13. The molecule has 0 bridgehead atoms. The quantitative estimate of drug-likeness (QED) is 0.562. The minimum Gasteiger partial charge on any atom is -0.320 e. The van der Waals surface area contributed by atoms with Crippen LogP contribution in [0.1, 0.15) is 0 Å². The summed E-state index contributed by atoms with van der Waals surface area (Å²) in [6.07, 6.45) is 0. The Balaban J connectivity index is 3.70. The van der Waals surface area contributed by atoms with Gasteiger partial charge in [0.1, 0.15) is 0 Å². The summed E-state index contributed by atoms with van der Waals surface area (Å²) in [5.41, 5.74) is 0. The molecule has 0 unspecified atom stereocenters. The molecule has 0 aliphatic rings. The Morgan fingerprint density at radius 1 is 1.09 bits per heavy atom. The second-order valence-corrected chi connectivity index (χ2v) is 8.86. The van der Waals surface area contributed by atoms with Gasteiger partial charge < -0.3 is 9.13 Å². The van der Waals surface area contributed by atoms with E-state index in [1.807, 2.05) is 0 Å². The van der Waals surface area contributed by atoms with Crippen LogP contribution in [0.3, 0.4) is 0 Å². The first-order chi connectivity index (χ1) is 5.09. The van der Waals surface area contributed by atoms with Gasteiger partial charge in [-0.05, 0) is 34.2 Å². The Morgan fingerprint density at radius 2 is 1.55 bits per heavy atom. The normalized spacial score (nSPS) is 13.1. The van der Waals surface area contributed by atoms with Crippen LogP contribution in [0.25, 0.3) is 0 Å². The Morgan fingerprint density at radius 3 is 1.82 bits per heavy atom. The zero-order valence-electron chi connectivity index (χ0n) is 8.59. The number of nitrogens with zero attached hydrogens (tertiary/aromatic N) is 2. The first-order valence-electron chi connectivity index (χ1n) is 4.42. The summed E-state index contributed by atoms with van der Waals surface area (Å²) in [7, 11) is 8.46. The van der Waals surface area contributed by atoms with E-state index < -0.39 is 9.12 Å². The van der Waals surface area contributed by atoms with Gasteiger partial charge in [0.15, 0.2) is 9.12 Å². The van der Waals surface area contributed by atoms with Gasteiger partial charge in [-0.2, -0.15) is 0 Å². The summed E-state index contributed by atoms with van der Waals surface area (Å²) in [4.78, 5) is 0. The summed E-state index contributed by atoms with van der Waals surface area (Å²) in [6.45, 7) is 2.40. The standard InChI is InChI=1S/C7H22N2Si2/c1-8(2)11(9(3)4)7-6-10-5/h11H,6-7,10H2,1-5H3. The molecule has 0 atom stereocenters. The Labute approximate surface area is 75.2 Å². The first kappa shape index (κ1) is 11.4. The maximum absolute atomic E-state index is 2.43. The Bertz CT molecular complexity index is 88.4. The van der Waals surface area contributed by atoms with Crippen molar-refractivity contribution >= 4 is 18.6 Å². The SMILES string of the molecule is C[SiH2]CC[SiH](N(C)C)N(C)C. The minimum absolute atomic E-state index is 0.289. The van der Waals surface area contributed by atoms with Crippen molar-refractivity contribution in [3.8, 4) is 0 Å². The molecule has 0 saturated heterocycles. The highest BCUT2D eigenvalue weighted by molar-refractivity contribution is 6.54. The van der Waals surface area contributed by atoms with Gasteiger partial charge in [0, 0.05) is 9.52 Å². The van der Waals surface area contributed by atoms with Crippen LogP contribution in [0, 0.1) is 0 Å². The molecule has 0 aliphatic heterocycles. The third-order valence-electron chi connectivity index (χ3n) is 2.01. The van der Waals surface area contributed by atoms with Gasteiger partial charge in [0.2, 0.25) is 0 Å². The van der Waals surface area contributed by atoms with E-state index in [-0.39, 0.29) is 9.52 Å². The van der Waals surface area contributed by atoms with Crippen molar-refractivity contribution in [3.63, 3.8) is 0 Å². The molecule has 0 N–H and O–H groups in total. The highest BCUT2D eigenvalue weighted by atomic mass is 28.3. The molecule has 0 heterocycles. The van der Waals surface area contributed by atoms with Crippen LogP contribution < -0.4 is 0 Å². The molecule has 0 radical (unpaired) electrons. The summed E-state index contributed by atoms with van der Waals surface area (Å²) in [5.74, 6) is 0. The molecule has 0 rings (SSSR count). The smallest absolute Gasteiger partial charge is 0.188 e. The van der Waals surface area contributed by atoms with Crippen LogP contribution in [-0.2, 0) is 0 Å². The lowest BCUT2D eigenvalue weighted by Gasteiger charge is -2.28. The second-order valence-electron chi connectivity index (χ2n) is 3.55. The van der Waals surface area contributed by atoms with Gasteiger partial charge in [0.25, 0.3) is 0 Å². The van der Waals surface area contributed by atoms with E-state index in [0.29, 0.717) is 0 Å². The van der Waals surface area contributed by atoms with E-state index in [0.717, 1.165) is 0 Å². The van der Waals surface area contributed by atoms with Gasteiger partial charge in [-0.1, -0.05) is 12.6 Å². The fourth-order valence-electron chi connectivity index (χ4n) is 1.36. The number of hydrogen-bond acceptors (Lipinski definition) is 2. The van der Waals surface area contributed by atoms with Crippen molar-refractivity contribution < 1.29 is 0 Å². The van der Waals surface area contributed by atoms with Crippen molar-refractivity contribution in [1.82, 2.24) is 9.13 Å². The van der Waals surface area contributed by atoms with Crippen molar-refractivity contribution in [1.29, 1.82) is 0 Å². The molecule has 0 aromatic rings. The third-order valence-corrected chi connectivity index (χ3v) is 7.25. The average Bonchev–Trinajstić information content (AvgIpc) is 1.87. The zero-order valence-corrected chi connectivity index (χ0v) is 11.2. The third kappa shape index (κ3) is 4.73. The van der Waals surface area contributed by atoms with Crippen LogP contribution in [0.5, 0.6) is 0 Å². The predicted molar refractivity (Wildman–Crippen MR) is 58.5 cm³/mol. The molecule has 0 saturated carbocycles. The van der Waals surface area contributed by atoms with Gasteiger partial charge in [-0.25, -0.2) is 0 Å². The fraction of sp³-hybridized carbons (Fsp3) is 1.00. The van der Waals surface area contributed by atoms with E-state index in [2.05, 4.69) is 43.9 Å². The van der Waals surface area contributed by atoms with Gasteiger partial charge in [0.05, 0.1) is 0 Å². The first-order valence-corrected chi connectivity index (χ1v) is 8.68. The molecule has 11 heavy (non-hydrogen) atoms. The van der Waals surface area contributed by atoms with E-state index in [9.17, 15) is 0 Å². The number of hydrogen-bond donors (Lipinski definition) is 0. The van der Waals surface area contributed by atoms with Crippen LogP contribution >= 0.6 is 0 Å². The van der Waals surface area contributed by atoms with Crippen LogP contribution in [0.15, 0.2) is 0 Å². The summed E-state index contributed by atoms with van der Waals surface area (Å²) < 4.78 is 4.87. The maximum Gasteiger partial charge on any atom is 0.188 e. The molecule has 0 aromatic carbocycles. The van der Waals surface area contributed by atoms with Gasteiger partial charge in [-0.3, -0.25) is 0 Å². The minimum atomic E-state index is -0.697. The van der Waals surface area contributed by atoms with Crippen LogP contribution in [0.2, 0.25) is 18.6 Å². The molecule has 4 heteroatoms. The molecular formula is C7H22N2Si2. The largest absolute Gasteiger partial charge is 0.320 e. The van der Waals surface area contributed by atoms with Crippen molar-refractivity contribution in [2.24, 2.45) is 0 Å². The molecule has 0 aliphatic carbocycles. The predicted octanol–water partition coefficient (Wildman–Crippen LogP) is -0.0347. The van der Waals surface area contributed by atoms with E-state index in [4.69, 9.17) is 0 Å². The average molecular weight is 190 g/mol. The highest BCUT2D eigenvalue weighted by Gasteiger charge is 2.14.